The highest BCUT2D eigenvalue weighted by atomic mass is 32.2. The molecule has 17 heteroatoms. The molecule has 2 aliphatic carbocycles. The van der Waals surface area contributed by atoms with Crippen LogP contribution in [0, 0.1) is 11.3 Å². The predicted octanol–water partition coefficient (Wildman–Crippen LogP) is 4.64. The third-order valence-electron chi connectivity index (χ3n) is 11.8. The van der Waals surface area contributed by atoms with Gasteiger partial charge in [0.2, 0.25) is 21.8 Å². The number of carbonyl (C=O) groups excluding carboxylic acids is 5. The lowest BCUT2D eigenvalue weighted by molar-refractivity contribution is -0.143. The molecule has 59 heavy (non-hydrogen) atoms. The highest BCUT2D eigenvalue weighted by Gasteiger charge is 2.64. The number of carbonyl (C=O) groups is 5. The predicted molar refractivity (Wildman–Crippen MR) is 221 cm³/mol. The molecule has 6 rings (SSSR count). The molecule has 16 nitrogen and oxygen atoms in total. The van der Waals surface area contributed by atoms with E-state index in [1.807, 2.05) is 43.6 Å². The molecule has 3 heterocycles. The number of ether oxygens (including phenoxy) is 2. The van der Waals surface area contributed by atoms with Gasteiger partial charge in [-0.15, -0.1) is 0 Å². The number of benzene rings is 1. The average Bonchev–Trinajstić information content (AvgIpc) is 3.99. The number of para-hydroxylation sites is 1. The number of hydrogen-bond donors (Lipinski definition) is 4. The van der Waals surface area contributed by atoms with Crippen LogP contribution in [0.2, 0.25) is 0 Å². The van der Waals surface area contributed by atoms with E-state index in [0.717, 1.165) is 0 Å². The second-order valence-electron chi connectivity index (χ2n) is 18.9. The van der Waals surface area contributed by atoms with E-state index in [9.17, 15) is 32.4 Å². The molecular weight excluding hydrogens is 779 g/mol. The lowest BCUT2D eigenvalue weighted by Gasteiger charge is -2.36. The first-order valence-electron chi connectivity index (χ1n) is 20.8. The monoisotopic (exact) mass is 839 g/mol. The molecule has 4 N–H and O–H groups in total. The molecule has 1 aromatic heterocycles. The van der Waals surface area contributed by atoms with Crippen LogP contribution in [-0.4, -0.2) is 99.8 Å². The summed E-state index contributed by atoms with van der Waals surface area (Å²) in [6, 6.07) is 3.01. The van der Waals surface area contributed by atoms with E-state index in [2.05, 4.69) is 20.7 Å². The number of nitrogens with one attached hydrogen (secondary N) is 4. The first-order chi connectivity index (χ1) is 27.5. The number of amides is 5. The van der Waals surface area contributed by atoms with Gasteiger partial charge in [0.05, 0.1) is 22.4 Å². The lowest BCUT2D eigenvalue weighted by Crippen LogP contribution is -2.60. The molecule has 2 aromatic rings. The number of allylic oxidation sites excluding steroid dienone is 1. The minimum absolute atomic E-state index is 0.0161. The molecule has 3 fully saturated rings. The van der Waals surface area contributed by atoms with Crippen molar-refractivity contribution in [1.29, 1.82) is 0 Å². The van der Waals surface area contributed by atoms with Crippen LogP contribution in [0.1, 0.15) is 130 Å². The molecule has 1 aromatic carbocycles. The second kappa shape index (κ2) is 16.1. The van der Waals surface area contributed by atoms with Gasteiger partial charge < -0.3 is 30.3 Å². The maximum Gasteiger partial charge on any atom is 0.408 e. The Morgan fingerprint density at radius 3 is 2.39 bits per heavy atom. The summed E-state index contributed by atoms with van der Waals surface area (Å²) in [6.07, 6.45) is 5.15. The van der Waals surface area contributed by atoms with Crippen LogP contribution >= 0.6 is 0 Å². The zero-order valence-corrected chi connectivity index (χ0v) is 36.6. The molecule has 5 amide bonds. The molecule has 4 aliphatic rings. The summed E-state index contributed by atoms with van der Waals surface area (Å²) in [7, 11) is -4.10. The Bertz CT molecular complexity index is 2130. The summed E-state index contributed by atoms with van der Waals surface area (Å²) in [4.78, 5) is 76.2. The van der Waals surface area contributed by atoms with E-state index in [0.29, 0.717) is 55.1 Å². The minimum Gasteiger partial charge on any atom is -0.459 e. The Labute approximate surface area is 347 Å². The maximum atomic E-state index is 14.7. The van der Waals surface area contributed by atoms with E-state index in [1.54, 1.807) is 53.7 Å². The van der Waals surface area contributed by atoms with Crippen molar-refractivity contribution in [2.75, 3.05) is 13.1 Å². The highest BCUT2D eigenvalue weighted by Crippen LogP contribution is 2.50. The molecule has 2 saturated carbocycles. The van der Waals surface area contributed by atoms with Crippen LogP contribution in [0.3, 0.4) is 0 Å². The maximum absolute atomic E-state index is 14.7. The smallest absolute Gasteiger partial charge is 0.408 e. The number of imidazole rings is 1. The zero-order valence-electron chi connectivity index (χ0n) is 35.8. The van der Waals surface area contributed by atoms with Crippen LogP contribution in [0.15, 0.2) is 30.4 Å². The van der Waals surface area contributed by atoms with Gasteiger partial charge in [0, 0.05) is 19.0 Å². The van der Waals surface area contributed by atoms with E-state index >= 15 is 0 Å². The first kappa shape index (κ1) is 43.9. The van der Waals surface area contributed by atoms with Gasteiger partial charge in [-0.05, 0) is 96.6 Å². The normalized spacial score (nSPS) is 26.6. The summed E-state index contributed by atoms with van der Waals surface area (Å²) >= 11 is 0. The van der Waals surface area contributed by atoms with Crippen molar-refractivity contribution >= 4 is 50.8 Å². The van der Waals surface area contributed by atoms with Crippen LogP contribution in [0.25, 0.3) is 11.0 Å². The molecular formula is C42H61N7O9S. The lowest BCUT2D eigenvalue weighted by atomic mass is 9.85. The SMILES string of the molecule is CC[C@@H]1C[C@@]12NC(=O)[C@@H]1C[C@H](CN1C(=O)[C@@H](NC(=O)OC(C)(C)C)C(C)(C)C)Oc1nc3c(cccc3n1C(C)C)C(=O)NCC=CCCCC1(CC1)S(=O)(=O)NC2=O. The van der Waals surface area contributed by atoms with Crippen LogP contribution in [-0.2, 0) is 29.1 Å². The average molecular weight is 840 g/mol. The van der Waals surface area contributed by atoms with Crippen molar-refractivity contribution in [1.82, 2.24) is 35.1 Å². The molecule has 2 spiro atoms. The van der Waals surface area contributed by atoms with Crippen molar-refractivity contribution in [3.63, 3.8) is 0 Å². The van der Waals surface area contributed by atoms with E-state index in [1.165, 1.54) is 4.90 Å². The zero-order chi connectivity index (χ0) is 43.3. The minimum atomic E-state index is -4.10. The first-order valence-corrected chi connectivity index (χ1v) is 22.3. The third kappa shape index (κ3) is 9.09. The quantitative estimate of drug-likeness (QED) is 0.314. The molecule has 4 bridgehead atoms. The molecule has 5 atom stereocenters. The van der Waals surface area contributed by atoms with Gasteiger partial charge in [-0.2, -0.15) is 4.98 Å². The molecule has 1 saturated heterocycles. The van der Waals surface area contributed by atoms with E-state index < -0.39 is 73.3 Å². The number of hydrogen-bond acceptors (Lipinski definition) is 10. The fraction of sp³-hybridized carbons (Fsp3) is 0.667. The van der Waals surface area contributed by atoms with Gasteiger partial charge in [0.15, 0.2) is 0 Å². The molecule has 0 unspecified atom stereocenters. The van der Waals surface area contributed by atoms with Gasteiger partial charge in [0.1, 0.15) is 34.8 Å². The highest BCUT2D eigenvalue weighted by molar-refractivity contribution is 7.91. The number of likely N-dealkylation sites (tertiary alicyclic amines) is 1. The summed E-state index contributed by atoms with van der Waals surface area (Å²) in [5.41, 5.74) is -1.75. The van der Waals surface area contributed by atoms with Gasteiger partial charge >= 0.3 is 6.09 Å². The van der Waals surface area contributed by atoms with Crippen molar-refractivity contribution in [3.05, 3.63) is 35.9 Å². The number of nitrogens with zero attached hydrogens (tertiary/aromatic N) is 3. The number of sulfonamides is 1. The largest absolute Gasteiger partial charge is 0.459 e. The van der Waals surface area contributed by atoms with Crippen LogP contribution < -0.4 is 25.4 Å². The van der Waals surface area contributed by atoms with Gasteiger partial charge in [0.25, 0.3) is 17.8 Å². The molecule has 2 aliphatic heterocycles. The van der Waals surface area contributed by atoms with Gasteiger partial charge in [-0.25, -0.2) is 13.2 Å². The number of alkyl carbamates (subject to hydrolysis) is 1. The Morgan fingerprint density at radius 1 is 1.07 bits per heavy atom. The summed E-state index contributed by atoms with van der Waals surface area (Å²) in [6.45, 7) is 16.4. The fourth-order valence-electron chi connectivity index (χ4n) is 8.34. The summed E-state index contributed by atoms with van der Waals surface area (Å²) in [5.74, 6) is -2.68. The number of fused-ring (bicyclic) bond motifs is 3. The molecule has 324 valence electrons. The Balaban J connectivity index is 1.40. The third-order valence-corrected chi connectivity index (χ3v) is 14.1. The Morgan fingerprint density at radius 2 is 1.78 bits per heavy atom. The van der Waals surface area contributed by atoms with Gasteiger partial charge in [-0.1, -0.05) is 52.3 Å². The van der Waals surface area contributed by atoms with E-state index in [4.69, 9.17) is 14.5 Å². The fourth-order valence-corrected chi connectivity index (χ4v) is 10.0. The topological polar surface area (TPSA) is 207 Å². The summed E-state index contributed by atoms with van der Waals surface area (Å²) < 4.78 is 42.8. The Kier molecular flexibility index (Phi) is 12.0. The van der Waals surface area contributed by atoms with Gasteiger partial charge in [-0.3, -0.25) is 28.5 Å². The van der Waals surface area contributed by atoms with Crippen molar-refractivity contribution in [2.45, 2.75) is 154 Å². The van der Waals surface area contributed by atoms with Crippen LogP contribution in [0.5, 0.6) is 6.01 Å². The van der Waals surface area contributed by atoms with E-state index in [-0.39, 0.29) is 49.8 Å². The molecule has 0 radical (unpaired) electrons. The van der Waals surface area contributed by atoms with Crippen molar-refractivity contribution in [2.24, 2.45) is 11.3 Å². The summed E-state index contributed by atoms with van der Waals surface area (Å²) in [5, 5.41) is 8.55. The van der Waals surface area contributed by atoms with Crippen molar-refractivity contribution in [3.8, 4) is 6.01 Å². The standard InChI is InChI=1S/C42H61N7O9S/c1-10-26-23-42(26)36(53)47-59(55,56)41(19-20-41)18-13-11-12-14-21-43-33(50)28-16-15-17-29-31(28)44-37(49(29)25(2)3)57-27-22-30(34(51)46-42)48(24-27)35(52)32(39(4,5)6)45-38(54)58-40(7,8)9/h12,14-17,25-27,30,32H,10-11,13,18-24H2,1-9H3,(H,43,50)(H,45,54)(H,46,51)(H,47,53)/t26-,27-,30+,32-,42-/m1/s1. The number of aromatic nitrogens is 2. The second-order valence-corrected chi connectivity index (χ2v) is 21.0. The number of rotatable bonds is 4. The van der Waals surface area contributed by atoms with Crippen molar-refractivity contribution < 1.29 is 41.9 Å². The van der Waals surface area contributed by atoms with Crippen LogP contribution in [0.4, 0.5) is 4.79 Å². The Hall–Kier alpha value is -4.67.